The van der Waals surface area contributed by atoms with Crippen LogP contribution in [0.15, 0.2) is 42.6 Å². The summed E-state index contributed by atoms with van der Waals surface area (Å²) in [6.45, 7) is 1.37. The van der Waals surface area contributed by atoms with E-state index >= 15 is 0 Å². The van der Waals surface area contributed by atoms with Crippen LogP contribution in [-0.2, 0) is 19.4 Å². The minimum Gasteiger partial charge on any atom is -0.349 e. The molecule has 1 N–H and O–H groups in total. The number of benzene rings is 1. The monoisotopic (exact) mass is 342 g/mol. The van der Waals surface area contributed by atoms with Gasteiger partial charge in [-0.2, -0.15) is 5.10 Å². The van der Waals surface area contributed by atoms with Gasteiger partial charge in [0.25, 0.3) is 5.91 Å². The topological polar surface area (TPSA) is 59.8 Å². The Morgan fingerprint density at radius 3 is 2.88 bits per heavy atom. The first-order valence-electron chi connectivity index (χ1n) is 8.90. The predicted octanol–water partition coefficient (Wildman–Crippen LogP) is 2.96. The number of amides is 1. The molecule has 3 heterocycles. The van der Waals surface area contributed by atoms with E-state index in [-0.39, 0.29) is 5.91 Å². The van der Waals surface area contributed by atoms with Gasteiger partial charge in [0, 0.05) is 23.9 Å². The van der Waals surface area contributed by atoms with E-state index in [0.717, 1.165) is 53.2 Å². The van der Waals surface area contributed by atoms with Crippen molar-refractivity contribution in [3.8, 4) is 11.3 Å². The fourth-order valence-corrected chi connectivity index (χ4v) is 3.74. The van der Waals surface area contributed by atoms with Crippen molar-refractivity contribution in [1.82, 2.24) is 20.1 Å². The summed E-state index contributed by atoms with van der Waals surface area (Å²) in [6.07, 6.45) is 7.76. The number of nitrogens with one attached hydrogen (secondary N) is 1. The van der Waals surface area contributed by atoms with E-state index in [1.54, 1.807) is 0 Å². The first-order chi connectivity index (χ1) is 12.8. The number of nitrogens with zero attached hydrogens (tertiary/aromatic N) is 3. The van der Waals surface area contributed by atoms with Crippen molar-refractivity contribution >= 4 is 18.1 Å². The van der Waals surface area contributed by atoms with E-state index in [2.05, 4.69) is 34.6 Å². The summed E-state index contributed by atoms with van der Waals surface area (Å²) in [7, 11) is 0. The summed E-state index contributed by atoms with van der Waals surface area (Å²) in [5, 5.41) is 7.67. The molecule has 0 atom stereocenters. The third kappa shape index (κ3) is 2.44. The standard InChI is InChI=1S/C21H18N4O/c26-21-20-17-9-7-15-13-23-16(8-6-14-4-2-1-3-5-14)12-18(15)19(17)24-25(20)11-10-22-21/h1-6,8,12-13H,7,9-11H2,(H,22,26)/b8-6+. The van der Waals surface area contributed by atoms with Crippen molar-refractivity contribution in [2.45, 2.75) is 19.4 Å². The number of hydrogen-bond acceptors (Lipinski definition) is 3. The van der Waals surface area contributed by atoms with Crippen molar-refractivity contribution in [2.24, 2.45) is 0 Å². The molecule has 0 bridgehead atoms. The second-order valence-electron chi connectivity index (χ2n) is 6.67. The molecule has 2 aromatic heterocycles. The van der Waals surface area contributed by atoms with E-state index in [1.165, 1.54) is 5.56 Å². The number of aryl methyl sites for hydroxylation is 1. The van der Waals surface area contributed by atoms with E-state index in [0.29, 0.717) is 6.54 Å². The zero-order valence-corrected chi connectivity index (χ0v) is 14.3. The third-order valence-corrected chi connectivity index (χ3v) is 5.03. The molecular weight excluding hydrogens is 324 g/mol. The second kappa shape index (κ2) is 5.95. The number of fused-ring (bicyclic) bond motifs is 5. The van der Waals surface area contributed by atoms with Crippen LogP contribution < -0.4 is 5.32 Å². The Kier molecular flexibility index (Phi) is 3.45. The Hall–Kier alpha value is -3.21. The molecule has 1 aromatic carbocycles. The largest absolute Gasteiger partial charge is 0.349 e. The number of carbonyl (C=O) groups excluding carboxylic acids is 1. The fourth-order valence-electron chi connectivity index (χ4n) is 3.74. The van der Waals surface area contributed by atoms with Crippen molar-refractivity contribution < 1.29 is 4.79 Å². The average molecular weight is 342 g/mol. The molecule has 1 aliphatic carbocycles. The Balaban J connectivity index is 1.56. The summed E-state index contributed by atoms with van der Waals surface area (Å²) in [4.78, 5) is 16.8. The zero-order valence-electron chi connectivity index (χ0n) is 14.3. The van der Waals surface area contributed by atoms with Crippen molar-refractivity contribution in [3.05, 3.63) is 70.7 Å². The highest BCUT2D eigenvalue weighted by Crippen LogP contribution is 2.35. The Morgan fingerprint density at radius 1 is 1.12 bits per heavy atom. The maximum Gasteiger partial charge on any atom is 0.269 e. The van der Waals surface area contributed by atoms with Crippen LogP contribution in [0.25, 0.3) is 23.4 Å². The lowest BCUT2D eigenvalue weighted by atomic mass is 9.89. The molecule has 2 aliphatic rings. The lowest BCUT2D eigenvalue weighted by Gasteiger charge is -2.17. The van der Waals surface area contributed by atoms with Gasteiger partial charge in [-0.25, -0.2) is 0 Å². The highest BCUT2D eigenvalue weighted by atomic mass is 16.2. The molecule has 1 aliphatic heterocycles. The number of carbonyl (C=O) groups is 1. The molecule has 0 fully saturated rings. The minimum atomic E-state index is -0.00768. The van der Waals surface area contributed by atoms with Crippen molar-refractivity contribution in [1.29, 1.82) is 0 Å². The highest BCUT2D eigenvalue weighted by molar-refractivity contribution is 5.97. The summed E-state index contributed by atoms with van der Waals surface area (Å²) < 4.78 is 1.86. The van der Waals surface area contributed by atoms with Crippen LogP contribution in [0.3, 0.4) is 0 Å². The normalized spacial score (nSPS) is 15.3. The maximum atomic E-state index is 12.3. The lowest BCUT2D eigenvalue weighted by molar-refractivity contribution is 0.0923. The molecule has 0 saturated carbocycles. The quantitative estimate of drug-likeness (QED) is 0.779. The van der Waals surface area contributed by atoms with Crippen LogP contribution in [0.4, 0.5) is 0 Å². The first-order valence-corrected chi connectivity index (χ1v) is 8.90. The average Bonchev–Trinajstić information content (AvgIpc) is 3.07. The van der Waals surface area contributed by atoms with E-state index in [9.17, 15) is 4.79 Å². The summed E-state index contributed by atoms with van der Waals surface area (Å²) in [5.41, 5.74) is 7.08. The van der Waals surface area contributed by atoms with Crippen LogP contribution in [0, 0.1) is 0 Å². The molecule has 1 amide bonds. The van der Waals surface area contributed by atoms with Crippen molar-refractivity contribution in [2.75, 3.05) is 6.54 Å². The van der Waals surface area contributed by atoms with Crippen LogP contribution in [0.2, 0.25) is 0 Å². The van der Waals surface area contributed by atoms with Crippen LogP contribution in [0.5, 0.6) is 0 Å². The Morgan fingerprint density at radius 2 is 2.00 bits per heavy atom. The van der Waals surface area contributed by atoms with Crippen LogP contribution in [-0.4, -0.2) is 27.2 Å². The van der Waals surface area contributed by atoms with Gasteiger partial charge in [-0.05, 0) is 36.1 Å². The SMILES string of the molecule is O=C1NCCn2nc3c(c21)CCc1cnc(/C=C/c2ccccc2)cc1-3. The number of rotatable bonds is 2. The van der Waals surface area contributed by atoms with E-state index in [1.807, 2.05) is 35.2 Å². The Labute approximate surface area is 151 Å². The zero-order chi connectivity index (χ0) is 17.5. The number of pyridine rings is 1. The van der Waals surface area contributed by atoms with Gasteiger partial charge in [0.15, 0.2) is 0 Å². The first kappa shape index (κ1) is 15.1. The molecule has 0 spiro atoms. The van der Waals surface area contributed by atoms with E-state index < -0.39 is 0 Å². The molecule has 3 aromatic rings. The number of aromatic nitrogens is 3. The van der Waals surface area contributed by atoms with Gasteiger partial charge in [-0.3, -0.25) is 14.5 Å². The minimum absolute atomic E-state index is 0.00768. The highest BCUT2D eigenvalue weighted by Gasteiger charge is 2.30. The third-order valence-electron chi connectivity index (χ3n) is 5.03. The number of hydrogen-bond donors (Lipinski definition) is 1. The second-order valence-corrected chi connectivity index (χ2v) is 6.67. The van der Waals surface area contributed by atoms with Gasteiger partial charge in [0.1, 0.15) is 5.69 Å². The molecular formula is C21H18N4O. The molecule has 5 nitrogen and oxygen atoms in total. The van der Waals surface area contributed by atoms with Gasteiger partial charge in [0.2, 0.25) is 0 Å². The molecule has 128 valence electrons. The molecule has 0 radical (unpaired) electrons. The van der Waals surface area contributed by atoms with Gasteiger partial charge >= 0.3 is 0 Å². The smallest absolute Gasteiger partial charge is 0.269 e. The predicted molar refractivity (Wildman–Crippen MR) is 101 cm³/mol. The lowest BCUT2D eigenvalue weighted by Crippen LogP contribution is -2.36. The fraction of sp³-hybridized carbons (Fsp3) is 0.190. The van der Waals surface area contributed by atoms with E-state index in [4.69, 9.17) is 5.10 Å². The molecule has 0 unspecified atom stereocenters. The molecule has 0 saturated heterocycles. The summed E-state index contributed by atoms with van der Waals surface area (Å²) >= 11 is 0. The molecule has 5 rings (SSSR count). The van der Waals surface area contributed by atoms with Gasteiger partial charge < -0.3 is 5.32 Å². The maximum absolute atomic E-state index is 12.3. The van der Waals surface area contributed by atoms with Crippen LogP contribution in [0.1, 0.15) is 32.9 Å². The summed E-state index contributed by atoms with van der Waals surface area (Å²) in [5.74, 6) is -0.00768. The Bertz CT molecular complexity index is 1030. The summed E-state index contributed by atoms with van der Waals surface area (Å²) in [6, 6.07) is 12.3. The van der Waals surface area contributed by atoms with Crippen molar-refractivity contribution in [3.63, 3.8) is 0 Å². The molecule has 5 heteroatoms. The van der Waals surface area contributed by atoms with Crippen LogP contribution >= 0.6 is 0 Å². The molecule has 26 heavy (non-hydrogen) atoms. The van der Waals surface area contributed by atoms with Gasteiger partial charge in [0.05, 0.1) is 17.9 Å². The van der Waals surface area contributed by atoms with Gasteiger partial charge in [-0.1, -0.05) is 36.4 Å². The van der Waals surface area contributed by atoms with Gasteiger partial charge in [-0.15, -0.1) is 0 Å².